The van der Waals surface area contributed by atoms with Crippen LogP contribution in [0.15, 0.2) is 97.2 Å². The van der Waals surface area contributed by atoms with Gasteiger partial charge in [0.15, 0.2) is 11.5 Å². The number of nitrogens with zero attached hydrogens (tertiary/aromatic N) is 3. The van der Waals surface area contributed by atoms with Crippen molar-refractivity contribution in [3.63, 3.8) is 0 Å². The minimum absolute atomic E-state index is 0.429. The molecule has 0 aliphatic carbocycles. The first-order valence-corrected chi connectivity index (χ1v) is 9.67. The van der Waals surface area contributed by atoms with Crippen LogP contribution in [0, 0.1) is 0 Å². The number of benzene rings is 3. The van der Waals surface area contributed by atoms with E-state index in [0.717, 1.165) is 33.5 Å². The van der Waals surface area contributed by atoms with Crippen LogP contribution in [-0.2, 0) is 0 Å². The molecule has 5 nitrogen and oxygen atoms in total. The SMILES string of the molecule is OB(O)c1ccc(-c2nc3c(-c4ccccc4)cc(-c4ccccc4)cn3n2)cc1. The summed E-state index contributed by atoms with van der Waals surface area (Å²) in [5, 5.41) is 23.4. The molecule has 3 aromatic carbocycles. The van der Waals surface area contributed by atoms with Crippen molar-refractivity contribution in [1.29, 1.82) is 0 Å². The first-order valence-electron chi connectivity index (χ1n) is 9.67. The second-order valence-corrected chi connectivity index (χ2v) is 7.07. The number of rotatable bonds is 4. The van der Waals surface area contributed by atoms with E-state index in [4.69, 9.17) is 10.1 Å². The van der Waals surface area contributed by atoms with E-state index >= 15 is 0 Å². The number of pyridine rings is 1. The number of hydrogen-bond donors (Lipinski definition) is 2. The van der Waals surface area contributed by atoms with Gasteiger partial charge in [0.2, 0.25) is 0 Å². The Morgan fingerprint density at radius 1 is 0.667 bits per heavy atom. The van der Waals surface area contributed by atoms with E-state index in [0.29, 0.717) is 11.3 Å². The first-order chi connectivity index (χ1) is 14.7. The molecule has 5 rings (SSSR count). The lowest BCUT2D eigenvalue weighted by atomic mass is 9.80. The van der Waals surface area contributed by atoms with Gasteiger partial charge in [-0.15, -0.1) is 5.10 Å². The predicted molar refractivity (Wildman–Crippen MR) is 119 cm³/mol. The molecule has 0 radical (unpaired) electrons. The second kappa shape index (κ2) is 7.59. The van der Waals surface area contributed by atoms with E-state index in [1.807, 2.05) is 47.1 Å². The van der Waals surface area contributed by atoms with Crippen molar-refractivity contribution < 1.29 is 10.0 Å². The molecule has 0 aliphatic heterocycles. The summed E-state index contributed by atoms with van der Waals surface area (Å²) < 4.78 is 1.81. The van der Waals surface area contributed by atoms with Crippen molar-refractivity contribution in [3.8, 4) is 33.6 Å². The zero-order valence-electron chi connectivity index (χ0n) is 16.1. The maximum absolute atomic E-state index is 9.32. The third kappa shape index (κ3) is 3.39. The van der Waals surface area contributed by atoms with Gasteiger partial charge in [-0.1, -0.05) is 84.9 Å². The number of fused-ring (bicyclic) bond motifs is 1. The fourth-order valence-corrected chi connectivity index (χ4v) is 3.53. The molecule has 0 saturated heterocycles. The Labute approximate surface area is 174 Å². The molecule has 0 bridgehead atoms. The summed E-state index contributed by atoms with van der Waals surface area (Å²) in [5.41, 5.74) is 6.23. The molecule has 2 aromatic heterocycles. The lowest BCUT2D eigenvalue weighted by Gasteiger charge is -2.08. The average molecular weight is 391 g/mol. The second-order valence-electron chi connectivity index (χ2n) is 7.07. The Bertz CT molecular complexity index is 1300. The van der Waals surface area contributed by atoms with Crippen LogP contribution in [0.5, 0.6) is 0 Å². The highest BCUT2D eigenvalue weighted by Gasteiger charge is 2.15. The molecule has 2 heterocycles. The molecule has 0 unspecified atom stereocenters. The molecule has 0 amide bonds. The lowest BCUT2D eigenvalue weighted by molar-refractivity contribution is 0.426. The van der Waals surface area contributed by atoms with Gasteiger partial charge in [0.1, 0.15) is 0 Å². The highest BCUT2D eigenvalue weighted by Crippen LogP contribution is 2.30. The zero-order chi connectivity index (χ0) is 20.5. The molecule has 2 N–H and O–H groups in total. The molecule has 0 saturated carbocycles. The number of aromatic nitrogens is 3. The van der Waals surface area contributed by atoms with E-state index < -0.39 is 7.12 Å². The van der Waals surface area contributed by atoms with E-state index in [2.05, 4.69) is 30.3 Å². The highest BCUT2D eigenvalue weighted by atomic mass is 16.4. The van der Waals surface area contributed by atoms with Crippen molar-refractivity contribution in [2.75, 3.05) is 0 Å². The smallest absolute Gasteiger partial charge is 0.423 e. The topological polar surface area (TPSA) is 70.7 Å². The minimum Gasteiger partial charge on any atom is -0.423 e. The molecule has 0 aliphatic rings. The summed E-state index contributed by atoms with van der Waals surface area (Å²) in [4.78, 5) is 4.80. The minimum atomic E-state index is -1.49. The van der Waals surface area contributed by atoms with Crippen molar-refractivity contribution in [2.45, 2.75) is 0 Å². The number of hydrogen-bond acceptors (Lipinski definition) is 4. The van der Waals surface area contributed by atoms with Gasteiger partial charge in [-0.05, 0) is 22.7 Å². The molecular weight excluding hydrogens is 373 g/mol. The van der Waals surface area contributed by atoms with Gasteiger partial charge >= 0.3 is 7.12 Å². The highest BCUT2D eigenvalue weighted by molar-refractivity contribution is 6.58. The first kappa shape index (κ1) is 18.3. The van der Waals surface area contributed by atoms with Gasteiger partial charge in [-0.2, -0.15) is 0 Å². The van der Waals surface area contributed by atoms with Crippen LogP contribution in [0.1, 0.15) is 0 Å². The summed E-state index contributed by atoms with van der Waals surface area (Å²) in [6, 6.07) is 29.4. The fourth-order valence-electron chi connectivity index (χ4n) is 3.53. The Hall–Kier alpha value is -3.74. The van der Waals surface area contributed by atoms with Crippen LogP contribution >= 0.6 is 0 Å². The third-order valence-electron chi connectivity index (χ3n) is 5.09. The van der Waals surface area contributed by atoms with Crippen LogP contribution < -0.4 is 5.46 Å². The van der Waals surface area contributed by atoms with Gasteiger partial charge in [-0.3, -0.25) is 0 Å². The summed E-state index contributed by atoms with van der Waals surface area (Å²) in [6.07, 6.45) is 1.99. The molecule has 0 atom stereocenters. The van der Waals surface area contributed by atoms with Crippen LogP contribution in [0.3, 0.4) is 0 Å². The molecule has 30 heavy (non-hydrogen) atoms. The molecule has 6 heteroatoms. The Morgan fingerprint density at radius 2 is 1.30 bits per heavy atom. The van der Waals surface area contributed by atoms with Crippen molar-refractivity contribution >= 4 is 18.2 Å². The Kier molecular flexibility index (Phi) is 4.63. The largest absolute Gasteiger partial charge is 0.488 e. The van der Waals surface area contributed by atoms with Gasteiger partial charge in [0.25, 0.3) is 0 Å². The van der Waals surface area contributed by atoms with Crippen LogP contribution in [0.25, 0.3) is 39.3 Å². The summed E-state index contributed by atoms with van der Waals surface area (Å²) in [5.74, 6) is 0.580. The maximum atomic E-state index is 9.32. The third-order valence-corrected chi connectivity index (χ3v) is 5.09. The average Bonchev–Trinajstić information content (AvgIpc) is 3.24. The van der Waals surface area contributed by atoms with Gasteiger partial charge in [0, 0.05) is 22.9 Å². The molecule has 5 aromatic rings. The maximum Gasteiger partial charge on any atom is 0.488 e. The summed E-state index contributed by atoms with van der Waals surface area (Å²) in [7, 11) is -1.49. The van der Waals surface area contributed by atoms with E-state index in [-0.39, 0.29) is 0 Å². The predicted octanol–water partition coefficient (Wildman–Crippen LogP) is 3.41. The fraction of sp³-hybridized carbons (Fsp3) is 0. The van der Waals surface area contributed by atoms with Crippen molar-refractivity contribution in [3.05, 3.63) is 97.2 Å². The normalized spacial score (nSPS) is 11.0. The van der Waals surface area contributed by atoms with E-state index in [1.165, 1.54) is 0 Å². The van der Waals surface area contributed by atoms with Crippen LogP contribution in [0.2, 0.25) is 0 Å². The molecule has 0 spiro atoms. The standard InChI is InChI=1S/C24H18BN3O2/c29-25(30)21-13-11-19(12-14-21)23-26-24-22(18-9-5-2-6-10-18)15-20(16-28(24)27-23)17-7-3-1-4-8-17/h1-16,29-30H. The Morgan fingerprint density at radius 3 is 1.93 bits per heavy atom. The summed E-state index contributed by atoms with van der Waals surface area (Å²) >= 11 is 0. The lowest BCUT2D eigenvalue weighted by Crippen LogP contribution is -2.29. The van der Waals surface area contributed by atoms with E-state index in [9.17, 15) is 10.0 Å². The van der Waals surface area contributed by atoms with Gasteiger partial charge in [-0.25, -0.2) is 9.50 Å². The monoisotopic (exact) mass is 391 g/mol. The van der Waals surface area contributed by atoms with Crippen molar-refractivity contribution in [1.82, 2.24) is 14.6 Å². The zero-order valence-corrected chi connectivity index (χ0v) is 16.1. The van der Waals surface area contributed by atoms with Crippen LogP contribution in [-0.4, -0.2) is 31.8 Å². The van der Waals surface area contributed by atoms with Crippen molar-refractivity contribution in [2.24, 2.45) is 0 Å². The van der Waals surface area contributed by atoms with Crippen LogP contribution in [0.4, 0.5) is 0 Å². The van der Waals surface area contributed by atoms with Gasteiger partial charge < -0.3 is 10.0 Å². The molecular formula is C24H18BN3O2. The Balaban J connectivity index is 1.70. The molecule has 144 valence electrons. The quantitative estimate of drug-likeness (QED) is 0.461. The summed E-state index contributed by atoms with van der Waals surface area (Å²) in [6.45, 7) is 0. The van der Waals surface area contributed by atoms with Gasteiger partial charge in [0.05, 0.1) is 0 Å². The molecule has 0 fully saturated rings. The van der Waals surface area contributed by atoms with E-state index in [1.54, 1.807) is 24.3 Å².